The molecule has 3 heteroatoms. The smallest absolute Gasteiger partial charge is 0.304 e. The van der Waals surface area contributed by atoms with Crippen molar-refractivity contribution in [1.29, 1.82) is 0 Å². The van der Waals surface area contributed by atoms with Crippen molar-refractivity contribution in [1.82, 2.24) is 0 Å². The summed E-state index contributed by atoms with van der Waals surface area (Å²) in [5, 5.41) is 9.10. The largest absolute Gasteiger partial charge is 0.481 e. The topological polar surface area (TPSA) is 46.5 Å². The number of carboxylic acids is 1. The fraction of sp³-hybridized carbons (Fsp3) is 0.562. The average molecular weight is 262 g/mol. The van der Waals surface area contributed by atoms with Crippen LogP contribution in [-0.4, -0.2) is 23.8 Å². The van der Waals surface area contributed by atoms with Crippen LogP contribution in [0, 0.1) is 0 Å². The van der Waals surface area contributed by atoms with Crippen LogP contribution < -0.4 is 0 Å². The highest BCUT2D eigenvalue weighted by molar-refractivity contribution is 5.70. The maximum Gasteiger partial charge on any atom is 0.304 e. The van der Waals surface area contributed by atoms with Crippen LogP contribution in [0.3, 0.4) is 0 Å². The molecule has 1 aromatic carbocycles. The van der Waals surface area contributed by atoms with Gasteiger partial charge < -0.3 is 9.84 Å². The summed E-state index contributed by atoms with van der Waals surface area (Å²) < 4.78 is 5.49. The number of rotatable bonds is 6. The van der Waals surface area contributed by atoms with Crippen molar-refractivity contribution in [2.24, 2.45) is 0 Å². The van der Waals surface area contributed by atoms with Crippen molar-refractivity contribution >= 4 is 5.97 Å². The van der Waals surface area contributed by atoms with Crippen LogP contribution in [0.1, 0.15) is 44.2 Å². The monoisotopic (exact) mass is 262 g/mol. The van der Waals surface area contributed by atoms with E-state index < -0.39 is 5.97 Å². The summed E-state index contributed by atoms with van der Waals surface area (Å²) in [6.45, 7) is 4.11. The Morgan fingerprint density at radius 3 is 2.53 bits per heavy atom. The van der Waals surface area contributed by atoms with Gasteiger partial charge in [-0.25, -0.2) is 0 Å². The summed E-state index contributed by atoms with van der Waals surface area (Å²) in [6, 6.07) is 8.19. The number of carbonyl (C=O) groups is 1. The lowest BCUT2D eigenvalue weighted by Gasteiger charge is -2.26. The Morgan fingerprint density at radius 1 is 1.37 bits per heavy atom. The van der Waals surface area contributed by atoms with E-state index in [-0.39, 0.29) is 17.4 Å². The molecule has 1 saturated carbocycles. The standard InChI is InChI=1S/C16H22O3/c1-15(2,19-3)10-12-6-4-5-7-13(12)16(8-9-16)11-14(17)18/h4-7H,8-11H2,1-3H3,(H,17,18). The molecule has 0 unspecified atom stereocenters. The van der Waals surface area contributed by atoms with Gasteiger partial charge >= 0.3 is 5.97 Å². The highest BCUT2D eigenvalue weighted by Crippen LogP contribution is 2.52. The minimum atomic E-state index is -0.710. The van der Waals surface area contributed by atoms with Gasteiger partial charge in [-0.05, 0) is 37.8 Å². The van der Waals surface area contributed by atoms with Gasteiger partial charge in [-0.2, -0.15) is 0 Å². The average Bonchev–Trinajstić information content (AvgIpc) is 3.09. The lowest BCUT2D eigenvalue weighted by molar-refractivity contribution is -0.137. The molecule has 2 rings (SSSR count). The predicted octanol–water partition coefficient (Wildman–Crippen LogP) is 3.16. The van der Waals surface area contributed by atoms with Crippen molar-refractivity contribution in [2.45, 2.75) is 50.5 Å². The minimum Gasteiger partial charge on any atom is -0.481 e. The summed E-state index contributed by atoms with van der Waals surface area (Å²) >= 11 is 0. The number of methoxy groups -OCH3 is 1. The molecule has 0 radical (unpaired) electrons. The molecule has 0 aromatic heterocycles. The molecular formula is C16H22O3. The fourth-order valence-corrected chi connectivity index (χ4v) is 2.70. The molecule has 0 heterocycles. The second kappa shape index (κ2) is 4.97. The lowest BCUT2D eigenvalue weighted by atomic mass is 9.84. The van der Waals surface area contributed by atoms with Gasteiger partial charge in [-0.1, -0.05) is 24.3 Å². The minimum absolute atomic E-state index is 0.133. The third-order valence-electron chi connectivity index (χ3n) is 4.10. The molecule has 1 fully saturated rings. The zero-order valence-corrected chi connectivity index (χ0v) is 11.9. The Kier molecular flexibility index (Phi) is 3.68. The molecule has 1 aromatic rings. The van der Waals surface area contributed by atoms with Gasteiger partial charge in [0.05, 0.1) is 12.0 Å². The molecule has 3 nitrogen and oxygen atoms in total. The van der Waals surface area contributed by atoms with Gasteiger partial charge in [0, 0.05) is 18.9 Å². The molecule has 19 heavy (non-hydrogen) atoms. The van der Waals surface area contributed by atoms with Crippen LogP contribution in [-0.2, 0) is 21.4 Å². The van der Waals surface area contributed by atoms with E-state index in [0.29, 0.717) is 0 Å². The molecular weight excluding hydrogens is 240 g/mol. The number of carboxylic acid groups (broad SMARTS) is 1. The summed E-state index contributed by atoms with van der Waals surface area (Å²) in [5.41, 5.74) is 2.05. The van der Waals surface area contributed by atoms with Crippen molar-refractivity contribution in [3.8, 4) is 0 Å². The van der Waals surface area contributed by atoms with Crippen LogP contribution in [0.4, 0.5) is 0 Å². The highest BCUT2D eigenvalue weighted by Gasteiger charge is 2.47. The molecule has 0 atom stereocenters. The molecule has 0 bridgehead atoms. The molecule has 0 spiro atoms. The number of aliphatic carboxylic acids is 1. The van der Waals surface area contributed by atoms with Gasteiger partial charge in [0.15, 0.2) is 0 Å². The third-order valence-corrected chi connectivity index (χ3v) is 4.10. The van der Waals surface area contributed by atoms with Gasteiger partial charge in [0.2, 0.25) is 0 Å². The SMILES string of the molecule is COC(C)(C)Cc1ccccc1C1(CC(=O)O)CC1. The van der Waals surface area contributed by atoms with E-state index in [1.165, 1.54) is 11.1 Å². The number of hydrogen-bond acceptors (Lipinski definition) is 2. The van der Waals surface area contributed by atoms with Gasteiger partial charge in [-0.15, -0.1) is 0 Å². The zero-order valence-electron chi connectivity index (χ0n) is 11.9. The second-order valence-electron chi connectivity index (χ2n) is 6.15. The van der Waals surface area contributed by atoms with Crippen molar-refractivity contribution in [3.05, 3.63) is 35.4 Å². The quantitative estimate of drug-likeness (QED) is 0.856. The summed E-state index contributed by atoms with van der Waals surface area (Å²) in [4.78, 5) is 11.1. The molecule has 104 valence electrons. The second-order valence-corrected chi connectivity index (χ2v) is 6.15. The highest BCUT2D eigenvalue weighted by atomic mass is 16.5. The summed E-state index contributed by atoms with van der Waals surface area (Å²) in [6.07, 6.45) is 2.99. The number of benzene rings is 1. The number of hydrogen-bond donors (Lipinski definition) is 1. The summed E-state index contributed by atoms with van der Waals surface area (Å²) in [5.74, 6) is -0.710. The molecule has 1 aliphatic rings. The van der Waals surface area contributed by atoms with E-state index in [0.717, 1.165) is 19.3 Å². The zero-order chi connectivity index (χ0) is 14.1. The Morgan fingerprint density at radius 2 is 2.00 bits per heavy atom. The Balaban J connectivity index is 2.29. The third kappa shape index (κ3) is 3.16. The molecule has 0 saturated heterocycles. The van der Waals surface area contributed by atoms with E-state index in [4.69, 9.17) is 9.84 Å². The van der Waals surface area contributed by atoms with E-state index >= 15 is 0 Å². The van der Waals surface area contributed by atoms with Crippen LogP contribution in [0.2, 0.25) is 0 Å². The Labute approximate surface area is 114 Å². The predicted molar refractivity (Wildman–Crippen MR) is 74.4 cm³/mol. The first-order chi connectivity index (χ1) is 8.88. The normalized spacial score (nSPS) is 17.2. The summed E-state index contributed by atoms with van der Waals surface area (Å²) in [7, 11) is 1.72. The first kappa shape index (κ1) is 14.1. The molecule has 1 N–H and O–H groups in total. The van der Waals surface area contributed by atoms with Crippen LogP contribution in [0.15, 0.2) is 24.3 Å². The molecule has 0 amide bonds. The maximum absolute atomic E-state index is 11.1. The molecule has 0 aliphatic heterocycles. The van der Waals surface area contributed by atoms with Crippen molar-refractivity contribution in [3.63, 3.8) is 0 Å². The maximum atomic E-state index is 11.1. The Bertz CT molecular complexity index is 473. The van der Waals surface area contributed by atoms with Gasteiger partial charge in [-0.3, -0.25) is 4.79 Å². The van der Waals surface area contributed by atoms with E-state index in [2.05, 4.69) is 26.0 Å². The molecule has 1 aliphatic carbocycles. The van der Waals surface area contributed by atoms with E-state index in [9.17, 15) is 4.79 Å². The van der Waals surface area contributed by atoms with Gasteiger partial charge in [0.25, 0.3) is 0 Å². The number of ether oxygens (including phenoxy) is 1. The first-order valence-electron chi connectivity index (χ1n) is 6.74. The lowest BCUT2D eigenvalue weighted by Crippen LogP contribution is -2.27. The van der Waals surface area contributed by atoms with Crippen LogP contribution >= 0.6 is 0 Å². The van der Waals surface area contributed by atoms with Gasteiger partial charge in [0.1, 0.15) is 0 Å². The van der Waals surface area contributed by atoms with Crippen LogP contribution in [0.25, 0.3) is 0 Å². The Hall–Kier alpha value is -1.35. The van der Waals surface area contributed by atoms with E-state index in [1.54, 1.807) is 7.11 Å². The van der Waals surface area contributed by atoms with Crippen molar-refractivity contribution in [2.75, 3.05) is 7.11 Å². The van der Waals surface area contributed by atoms with Crippen LogP contribution in [0.5, 0.6) is 0 Å². The first-order valence-corrected chi connectivity index (χ1v) is 6.74. The van der Waals surface area contributed by atoms with Crippen molar-refractivity contribution < 1.29 is 14.6 Å². The fourth-order valence-electron chi connectivity index (χ4n) is 2.70. The van der Waals surface area contributed by atoms with E-state index in [1.807, 2.05) is 12.1 Å².